The van der Waals surface area contributed by atoms with Gasteiger partial charge in [-0.05, 0) is 29.2 Å². The van der Waals surface area contributed by atoms with Gasteiger partial charge < -0.3 is 15.4 Å². The number of rotatable bonds is 6. The molecule has 27 heavy (non-hydrogen) atoms. The molecule has 0 fully saturated rings. The maximum absolute atomic E-state index is 10.8. The van der Waals surface area contributed by atoms with Crippen LogP contribution in [0, 0.1) is 10.1 Å². The van der Waals surface area contributed by atoms with Gasteiger partial charge in [0.05, 0.1) is 11.5 Å². The van der Waals surface area contributed by atoms with Crippen LogP contribution >= 0.6 is 24.0 Å². The van der Waals surface area contributed by atoms with Crippen molar-refractivity contribution in [1.29, 1.82) is 0 Å². The van der Waals surface area contributed by atoms with E-state index in [2.05, 4.69) is 27.8 Å². The van der Waals surface area contributed by atoms with Crippen molar-refractivity contribution < 1.29 is 9.66 Å². The molecule has 7 nitrogen and oxygen atoms in total. The Bertz CT molecular complexity index is 826. The number of nitrogens with zero attached hydrogens (tertiary/aromatic N) is 2. The zero-order valence-electron chi connectivity index (χ0n) is 15.1. The Balaban J connectivity index is 0.00000261. The zero-order valence-corrected chi connectivity index (χ0v) is 17.4. The highest BCUT2D eigenvalue weighted by atomic mass is 127. The Kier molecular flexibility index (Phi) is 7.83. The summed E-state index contributed by atoms with van der Waals surface area (Å²) >= 11 is 0. The van der Waals surface area contributed by atoms with E-state index in [0.29, 0.717) is 12.5 Å². The lowest BCUT2D eigenvalue weighted by Gasteiger charge is -2.12. The molecule has 0 spiro atoms. The number of guanidine groups is 1. The van der Waals surface area contributed by atoms with E-state index >= 15 is 0 Å². The third-order valence-corrected chi connectivity index (χ3v) is 4.26. The Morgan fingerprint density at radius 2 is 2.07 bits per heavy atom. The summed E-state index contributed by atoms with van der Waals surface area (Å²) in [6.45, 7) is 1.98. The summed E-state index contributed by atoms with van der Waals surface area (Å²) < 4.78 is 5.52. The van der Waals surface area contributed by atoms with Crippen molar-refractivity contribution in [3.8, 4) is 5.75 Å². The standard InChI is InChI=1S/C19H22N4O3.HI/c1-20-19(22-13-15-3-2-4-17(12-15)23(24)25)21-9-7-14-5-6-18-16(11-14)8-10-26-18;/h2-6,11-12H,7-10,13H2,1H3,(H2,20,21,22);1H. The second kappa shape index (κ2) is 10.1. The molecular weight excluding hydrogens is 459 g/mol. The minimum absolute atomic E-state index is 0. The number of nitro benzene ring substituents is 1. The molecule has 2 N–H and O–H groups in total. The summed E-state index contributed by atoms with van der Waals surface area (Å²) in [5, 5.41) is 17.3. The van der Waals surface area contributed by atoms with Crippen LogP contribution in [-0.4, -0.2) is 31.1 Å². The van der Waals surface area contributed by atoms with Crippen LogP contribution in [0.2, 0.25) is 0 Å². The molecule has 0 atom stereocenters. The average molecular weight is 482 g/mol. The summed E-state index contributed by atoms with van der Waals surface area (Å²) in [4.78, 5) is 14.6. The SMILES string of the molecule is CN=C(NCCc1ccc2c(c1)CCO2)NCc1cccc([N+](=O)[O-])c1.I. The highest BCUT2D eigenvalue weighted by Crippen LogP contribution is 2.25. The molecule has 144 valence electrons. The van der Waals surface area contributed by atoms with Gasteiger partial charge in [0.15, 0.2) is 5.96 Å². The van der Waals surface area contributed by atoms with E-state index in [1.807, 2.05) is 12.1 Å². The summed E-state index contributed by atoms with van der Waals surface area (Å²) in [6, 6.07) is 12.9. The number of nitro groups is 1. The number of fused-ring (bicyclic) bond motifs is 1. The van der Waals surface area contributed by atoms with E-state index in [-0.39, 0.29) is 29.7 Å². The van der Waals surface area contributed by atoms with Gasteiger partial charge in [-0.25, -0.2) is 0 Å². The number of ether oxygens (including phenoxy) is 1. The van der Waals surface area contributed by atoms with Crippen LogP contribution in [0.5, 0.6) is 5.75 Å². The molecule has 1 heterocycles. The van der Waals surface area contributed by atoms with Gasteiger partial charge in [0.1, 0.15) is 5.75 Å². The van der Waals surface area contributed by atoms with Crippen LogP contribution in [-0.2, 0) is 19.4 Å². The molecule has 1 aliphatic rings. The smallest absolute Gasteiger partial charge is 0.269 e. The van der Waals surface area contributed by atoms with E-state index in [1.165, 1.54) is 17.2 Å². The lowest BCUT2D eigenvalue weighted by Crippen LogP contribution is -2.37. The fraction of sp³-hybridized carbons (Fsp3) is 0.316. The third kappa shape index (κ3) is 5.81. The molecule has 0 saturated carbocycles. The van der Waals surface area contributed by atoms with E-state index in [4.69, 9.17) is 4.74 Å². The Morgan fingerprint density at radius 3 is 2.85 bits per heavy atom. The fourth-order valence-corrected chi connectivity index (χ4v) is 2.91. The minimum atomic E-state index is -0.391. The number of hydrogen-bond acceptors (Lipinski definition) is 4. The van der Waals surface area contributed by atoms with Gasteiger partial charge in [-0.2, -0.15) is 0 Å². The van der Waals surface area contributed by atoms with Crippen LogP contribution in [0.1, 0.15) is 16.7 Å². The van der Waals surface area contributed by atoms with Gasteiger partial charge in [0.2, 0.25) is 0 Å². The Hall–Kier alpha value is -2.36. The van der Waals surface area contributed by atoms with Crippen molar-refractivity contribution in [2.24, 2.45) is 4.99 Å². The van der Waals surface area contributed by atoms with Crippen molar-refractivity contribution in [2.45, 2.75) is 19.4 Å². The molecule has 0 unspecified atom stereocenters. The topological polar surface area (TPSA) is 88.8 Å². The first-order valence-corrected chi connectivity index (χ1v) is 8.58. The number of hydrogen-bond donors (Lipinski definition) is 2. The Morgan fingerprint density at radius 1 is 1.22 bits per heavy atom. The first-order valence-electron chi connectivity index (χ1n) is 8.58. The van der Waals surface area contributed by atoms with Crippen LogP contribution in [0.25, 0.3) is 0 Å². The van der Waals surface area contributed by atoms with Crippen molar-refractivity contribution in [3.05, 3.63) is 69.3 Å². The van der Waals surface area contributed by atoms with Gasteiger partial charge in [0, 0.05) is 38.7 Å². The second-order valence-electron chi connectivity index (χ2n) is 6.07. The number of halogens is 1. The van der Waals surface area contributed by atoms with E-state index < -0.39 is 4.92 Å². The Labute approximate surface area is 175 Å². The third-order valence-electron chi connectivity index (χ3n) is 4.26. The predicted molar refractivity (Wildman–Crippen MR) is 116 cm³/mol. The first kappa shape index (κ1) is 20.9. The van der Waals surface area contributed by atoms with Crippen LogP contribution in [0.3, 0.4) is 0 Å². The van der Waals surface area contributed by atoms with Gasteiger partial charge in [0.25, 0.3) is 5.69 Å². The van der Waals surface area contributed by atoms with Crippen LogP contribution in [0.15, 0.2) is 47.5 Å². The van der Waals surface area contributed by atoms with Gasteiger partial charge in [-0.3, -0.25) is 15.1 Å². The maximum Gasteiger partial charge on any atom is 0.269 e. The summed E-state index contributed by atoms with van der Waals surface area (Å²) in [7, 11) is 1.70. The highest BCUT2D eigenvalue weighted by molar-refractivity contribution is 14.0. The quantitative estimate of drug-likeness (QED) is 0.217. The molecule has 1 aliphatic heterocycles. The largest absolute Gasteiger partial charge is 0.493 e. The number of benzene rings is 2. The molecule has 0 saturated heterocycles. The van der Waals surface area contributed by atoms with Crippen molar-refractivity contribution in [3.63, 3.8) is 0 Å². The summed E-state index contributed by atoms with van der Waals surface area (Å²) in [6.07, 6.45) is 1.85. The van der Waals surface area contributed by atoms with Crippen molar-refractivity contribution in [2.75, 3.05) is 20.2 Å². The molecule has 0 amide bonds. The number of aliphatic imine (C=N–C) groups is 1. The highest BCUT2D eigenvalue weighted by Gasteiger charge is 2.12. The first-order chi connectivity index (χ1) is 12.7. The van der Waals surface area contributed by atoms with Crippen molar-refractivity contribution in [1.82, 2.24) is 10.6 Å². The molecule has 0 bridgehead atoms. The molecular formula is C19H23IN4O3. The van der Waals surface area contributed by atoms with Gasteiger partial charge >= 0.3 is 0 Å². The summed E-state index contributed by atoms with van der Waals surface area (Å²) in [5.74, 6) is 1.66. The lowest BCUT2D eigenvalue weighted by atomic mass is 10.1. The molecule has 3 rings (SSSR count). The molecule has 0 radical (unpaired) electrons. The molecule has 0 aromatic heterocycles. The second-order valence-corrected chi connectivity index (χ2v) is 6.07. The lowest BCUT2D eigenvalue weighted by molar-refractivity contribution is -0.384. The minimum Gasteiger partial charge on any atom is -0.493 e. The van der Waals surface area contributed by atoms with E-state index in [9.17, 15) is 10.1 Å². The van der Waals surface area contributed by atoms with Crippen LogP contribution < -0.4 is 15.4 Å². The average Bonchev–Trinajstić information content (AvgIpc) is 3.12. The molecule has 2 aromatic rings. The molecule has 2 aromatic carbocycles. The van der Waals surface area contributed by atoms with Gasteiger partial charge in [-0.15, -0.1) is 24.0 Å². The summed E-state index contributed by atoms with van der Waals surface area (Å²) in [5.41, 5.74) is 3.46. The number of nitrogens with one attached hydrogen (secondary N) is 2. The maximum atomic E-state index is 10.8. The predicted octanol–water partition coefficient (Wildman–Crippen LogP) is 3.06. The zero-order chi connectivity index (χ0) is 18.4. The fourth-order valence-electron chi connectivity index (χ4n) is 2.91. The van der Waals surface area contributed by atoms with Gasteiger partial charge in [-0.1, -0.05) is 24.3 Å². The van der Waals surface area contributed by atoms with E-state index in [1.54, 1.807) is 19.2 Å². The molecule has 0 aliphatic carbocycles. The molecule has 8 heteroatoms. The van der Waals surface area contributed by atoms with Crippen LogP contribution in [0.4, 0.5) is 5.69 Å². The normalized spacial score (nSPS) is 12.6. The number of non-ortho nitro benzene ring substituents is 1. The van der Waals surface area contributed by atoms with Crippen molar-refractivity contribution >= 4 is 35.6 Å². The monoisotopic (exact) mass is 482 g/mol. The van der Waals surface area contributed by atoms with E-state index in [0.717, 1.165) is 37.3 Å².